The normalized spacial score (nSPS) is 11.7. The highest BCUT2D eigenvalue weighted by atomic mass is 16.5. The summed E-state index contributed by atoms with van der Waals surface area (Å²) in [6, 6.07) is 4.84. The van der Waals surface area contributed by atoms with E-state index in [1.807, 2.05) is 25.3 Å². The van der Waals surface area contributed by atoms with Gasteiger partial charge < -0.3 is 28.3 Å². The van der Waals surface area contributed by atoms with Crippen molar-refractivity contribution in [2.24, 2.45) is 0 Å². The van der Waals surface area contributed by atoms with E-state index in [2.05, 4.69) is 0 Å². The Hall–Kier alpha value is -3.00. The number of Topliss-reactive ketones (excluding diaryl/α,β-unsaturated/α-hetero) is 1. The van der Waals surface area contributed by atoms with Gasteiger partial charge in [-0.2, -0.15) is 0 Å². The molecule has 1 atom stereocenters. The lowest BCUT2D eigenvalue weighted by Gasteiger charge is -2.17. The maximum atomic E-state index is 12.7. The molecule has 0 N–H and O–H groups in total. The van der Waals surface area contributed by atoms with Crippen molar-refractivity contribution in [3.63, 3.8) is 0 Å². The SMILES string of the molecule is COC[C@@H](C)n1c(C)cc(C(=O)COC(=O)c2cc(OC)c(OC)c(OC)c2)c1C. The summed E-state index contributed by atoms with van der Waals surface area (Å²) >= 11 is 0. The number of aromatic nitrogens is 1. The minimum atomic E-state index is -0.663. The summed E-state index contributed by atoms with van der Waals surface area (Å²) in [6.45, 7) is 5.96. The maximum Gasteiger partial charge on any atom is 0.338 e. The minimum absolute atomic E-state index is 0.0818. The Morgan fingerprint density at radius 1 is 0.967 bits per heavy atom. The zero-order chi connectivity index (χ0) is 22.4. The molecule has 2 rings (SSSR count). The monoisotopic (exact) mass is 419 g/mol. The number of carbonyl (C=O) groups is 2. The number of rotatable bonds is 10. The first kappa shape index (κ1) is 23.3. The molecule has 0 aliphatic rings. The fraction of sp³-hybridized carbons (Fsp3) is 0.455. The van der Waals surface area contributed by atoms with E-state index in [1.54, 1.807) is 13.2 Å². The van der Waals surface area contributed by atoms with E-state index in [4.69, 9.17) is 23.7 Å². The van der Waals surface area contributed by atoms with Crippen molar-refractivity contribution in [1.82, 2.24) is 4.57 Å². The summed E-state index contributed by atoms with van der Waals surface area (Å²) in [5.74, 6) is 0.0748. The van der Waals surface area contributed by atoms with Gasteiger partial charge in [0.15, 0.2) is 18.1 Å². The average molecular weight is 419 g/mol. The second kappa shape index (κ2) is 10.2. The second-order valence-electron chi connectivity index (χ2n) is 6.87. The number of hydrogen-bond donors (Lipinski definition) is 0. The molecule has 0 aliphatic carbocycles. The molecule has 0 unspecified atom stereocenters. The Balaban J connectivity index is 2.17. The predicted molar refractivity (Wildman–Crippen MR) is 111 cm³/mol. The summed E-state index contributed by atoms with van der Waals surface area (Å²) < 4.78 is 28.2. The highest BCUT2D eigenvalue weighted by Gasteiger charge is 2.22. The van der Waals surface area contributed by atoms with E-state index in [9.17, 15) is 9.59 Å². The molecule has 1 aromatic carbocycles. The van der Waals surface area contributed by atoms with E-state index in [0.717, 1.165) is 11.4 Å². The van der Waals surface area contributed by atoms with Gasteiger partial charge in [0.05, 0.1) is 39.5 Å². The van der Waals surface area contributed by atoms with E-state index in [0.29, 0.717) is 29.4 Å². The molecule has 0 bridgehead atoms. The lowest BCUT2D eigenvalue weighted by Crippen LogP contribution is -2.17. The van der Waals surface area contributed by atoms with Crippen LogP contribution in [0, 0.1) is 13.8 Å². The second-order valence-corrected chi connectivity index (χ2v) is 6.87. The Kier molecular flexibility index (Phi) is 7.88. The zero-order valence-corrected chi connectivity index (χ0v) is 18.5. The summed E-state index contributed by atoms with van der Waals surface area (Å²) in [5.41, 5.74) is 2.46. The Bertz CT molecular complexity index is 891. The number of esters is 1. The van der Waals surface area contributed by atoms with Gasteiger partial charge in [-0.3, -0.25) is 4.79 Å². The van der Waals surface area contributed by atoms with Crippen molar-refractivity contribution in [3.05, 3.63) is 40.7 Å². The van der Waals surface area contributed by atoms with E-state index < -0.39 is 5.97 Å². The molecule has 0 amide bonds. The molecule has 0 fully saturated rings. The third-order valence-electron chi connectivity index (χ3n) is 4.87. The number of ether oxygens (including phenoxy) is 5. The van der Waals surface area contributed by atoms with Crippen LogP contribution in [0.25, 0.3) is 0 Å². The lowest BCUT2D eigenvalue weighted by atomic mass is 10.1. The van der Waals surface area contributed by atoms with Crippen molar-refractivity contribution in [2.45, 2.75) is 26.8 Å². The Morgan fingerprint density at radius 3 is 2.07 bits per heavy atom. The Morgan fingerprint density at radius 2 is 1.57 bits per heavy atom. The molecule has 0 saturated carbocycles. The molecular weight excluding hydrogens is 390 g/mol. The highest BCUT2D eigenvalue weighted by molar-refractivity contribution is 6.00. The smallest absolute Gasteiger partial charge is 0.338 e. The topological polar surface area (TPSA) is 85.2 Å². The van der Waals surface area contributed by atoms with Crippen LogP contribution < -0.4 is 14.2 Å². The molecule has 0 spiro atoms. The van der Waals surface area contributed by atoms with Gasteiger partial charge in [0.1, 0.15) is 0 Å². The van der Waals surface area contributed by atoms with Crippen LogP contribution in [0.2, 0.25) is 0 Å². The average Bonchev–Trinajstić information content (AvgIpc) is 3.04. The van der Waals surface area contributed by atoms with Crippen molar-refractivity contribution in [1.29, 1.82) is 0 Å². The quantitative estimate of drug-likeness (QED) is 0.431. The number of ketones is 1. The predicted octanol–water partition coefficient (Wildman–Crippen LogP) is 3.38. The van der Waals surface area contributed by atoms with Gasteiger partial charge in [-0.25, -0.2) is 4.79 Å². The molecule has 0 radical (unpaired) electrons. The number of nitrogens with zero attached hydrogens (tertiary/aromatic N) is 1. The standard InChI is InChI=1S/C22H29NO7/c1-13-8-17(15(3)23(13)14(2)11-26-4)18(24)12-30-22(25)16-9-19(27-5)21(29-7)20(10-16)28-6/h8-10,14H,11-12H2,1-7H3/t14-/m1/s1. The zero-order valence-electron chi connectivity index (χ0n) is 18.5. The van der Waals surface area contributed by atoms with Gasteiger partial charge in [0, 0.05) is 24.1 Å². The highest BCUT2D eigenvalue weighted by Crippen LogP contribution is 2.38. The number of benzene rings is 1. The summed E-state index contributed by atoms with van der Waals surface area (Å²) in [6.07, 6.45) is 0. The van der Waals surface area contributed by atoms with Gasteiger partial charge >= 0.3 is 5.97 Å². The fourth-order valence-electron chi connectivity index (χ4n) is 3.54. The molecule has 1 aromatic heterocycles. The van der Waals surface area contributed by atoms with Gasteiger partial charge in [0.25, 0.3) is 0 Å². The van der Waals surface area contributed by atoms with Crippen LogP contribution in [0.1, 0.15) is 45.1 Å². The molecule has 8 nitrogen and oxygen atoms in total. The largest absolute Gasteiger partial charge is 0.493 e. The molecule has 1 heterocycles. The molecule has 164 valence electrons. The molecule has 2 aromatic rings. The van der Waals surface area contributed by atoms with Crippen LogP contribution in [0.3, 0.4) is 0 Å². The van der Waals surface area contributed by atoms with Crippen LogP contribution in [0.5, 0.6) is 17.2 Å². The summed E-state index contributed by atoms with van der Waals surface area (Å²) in [7, 11) is 6.02. The number of carbonyl (C=O) groups excluding carboxylic acids is 2. The maximum absolute atomic E-state index is 12.7. The number of aryl methyl sites for hydroxylation is 1. The molecule has 0 saturated heterocycles. The fourth-order valence-corrected chi connectivity index (χ4v) is 3.54. The van der Waals surface area contributed by atoms with Crippen LogP contribution in [0.15, 0.2) is 18.2 Å². The van der Waals surface area contributed by atoms with Gasteiger partial charge in [-0.15, -0.1) is 0 Å². The van der Waals surface area contributed by atoms with Crippen LogP contribution in [0.4, 0.5) is 0 Å². The van der Waals surface area contributed by atoms with E-state index in [-0.39, 0.29) is 24.0 Å². The third kappa shape index (κ3) is 4.76. The first-order chi connectivity index (χ1) is 14.3. The van der Waals surface area contributed by atoms with Crippen molar-refractivity contribution < 1.29 is 33.3 Å². The van der Waals surface area contributed by atoms with Crippen LogP contribution in [-0.4, -0.2) is 58.0 Å². The Labute approximate surface area is 176 Å². The van der Waals surface area contributed by atoms with Crippen molar-refractivity contribution >= 4 is 11.8 Å². The minimum Gasteiger partial charge on any atom is -0.493 e. The molecular formula is C22H29NO7. The van der Waals surface area contributed by atoms with Gasteiger partial charge in [0.2, 0.25) is 11.5 Å². The first-order valence-electron chi connectivity index (χ1n) is 9.46. The van der Waals surface area contributed by atoms with Crippen LogP contribution in [-0.2, 0) is 9.47 Å². The first-order valence-corrected chi connectivity index (χ1v) is 9.46. The summed E-state index contributed by atoms with van der Waals surface area (Å²) in [4.78, 5) is 25.2. The third-order valence-corrected chi connectivity index (χ3v) is 4.87. The van der Waals surface area contributed by atoms with E-state index in [1.165, 1.54) is 33.5 Å². The van der Waals surface area contributed by atoms with Crippen molar-refractivity contribution in [3.8, 4) is 17.2 Å². The molecule has 8 heteroatoms. The molecule has 30 heavy (non-hydrogen) atoms. The lowest BCUT2D eigenvalue weighted by molar-refractivity contribution is 0.0473. The molecule has 0 aliphatic heterocycles. The van der Waals surface area contributed by atoms with Crippen LogP contribution >= 0.6 is 0 Å². The summed E-state index contributed by atoms with van der Waals surface area (Å²) in [5, 5.41) is 0. The van der Waals surface area contributed by atoms with E-state index >= 15 is 0 Å². The van der Waals surface area contributed by atoms with Gasteiger partial charge in [-0.05, 0) is 39.0 Å². The number of methoxy groups -OCH3 is 4. The van der Waals surface area contributed by atoms with Gasteiger partial charge in [-0.1, -0.05) is 0 Å². The number of hydrogen-bond acceptors (Lipinski definition) is 7. The van der Waals surface area contributed by atoms with Crippen molar-refractivity contribution in [2.75, 3.05) is 41.7 Å².